The lowest BCUT2D eigenvalue weighted by Crippen LogP contribution is -2.60. The molecule has 0 bridgehead atoms. The number of halogens is 1. The lowest BCUT2D eigenvalue weighted by Gasteiger charge is -2.39. The SMILES string of the molecule is COc1c(O[C@@H]2O[C@H](CO)[C@@H](O)[C@H](O)[C@H]2O)cc(F)c2c1oc(=O)c1c(CCO)cccc12. The van der Waals surface area contributed by atoms with Gasteiger partial charge in [-0.05, 0) is 12.0 Å². The molecule has 1 fully saturated rings. The Bertz CT molecular complexity index is 1220. The van der Waals surface area contributed by atoms with E-state index in [-0.39, 0.29) is 46.3 Å². The second-order valence-corrected chi connectivity index (χ2v) is 7.61. The molecule has 0 unspecified atom stereocenters. The molecule has 1 saturated heterocycles. The molecule has 178 valence electrons. The summed E-state index contributed by atoms with van der Waals surface area (Å²) in [5.41, 5.74) is -0.536. The highest BCUT2D eigenvalue weighted by Gasteiger charge is 2.45. The van der Waals surface area contributed by atoms with Gasteiger partial charge in [-0.2, -0.15) is 0 Å². The van der Waals surface area contributed by atoms with Gasteiger partial charge < -0.3 is 44.2 Å². The van der Waals surface area contributed by atoms with Crippen LogP contribution in [0.4, 0.5) is 4.39 Å². The number of hydrogen-bond acceptors (Lipinski definition) is 10. The van der Waals surface area contributed by atoms with E-state index in [2.05, 4.69) is 0 Å². The molecule has 0 radical (unpaired) electrons. The molecule has 5 N–H and O–H groups in total. The van der Waals surface area contributed by atoms with Gasteiger partial charge in [0.05, 0.1) is 24.5 Å². The molecule has 2 aromatic carbocycles. The first kappa shape index (κ1) is 23.4. The maximum absolute atomic E-state index is 15.3. The van der Waals surface area contributed by atoms with E-state index in [4.69, 9.17) is 18.6 Å². The molecule has 0 aliphatic carbocycles. The first-order valence-electron chi connectivity index (χ1n) is 10.1. The largest absolute Gasteiger partial charge is 0.490 e. The summed E-state index contributed by atoms with van der Waals surface area (Å²) in [4.78, 5) is 12.8. The standard InChI is InChI=1S/C22H23FO10/c1-30-19-12(31-22-18(28)17(27)16(26)13(8-25)32-22)7-11(23)15-10-4-2-3-9(5-6-24)14(10)21(29)33-20(15)19/h2-4,7,13,16-18,22,24-28H,5-6,8H2,1H3/t13-,16-,17+,18-,22-/m1/s1. The van der Waals surface area contributed by atoms with Gasteiger partial charge in [-0.15, -0.1) is 0 Å². The van der Waals surface area contributed by atoms with Crippen LogP contribution in [0, 0.1) is 5.82 Å². The summed E-state index contributed by atoms with van der Waals surface area (Å²) in [5.74, 6) is -1.31. The maximum atomic E-state index is 15.3. The molecule has 4 rings (SSSR count). The minimum Gasteiger partial charge on any atom is -0.490 e. The lowest BCUT2D eigenvalue weighted by molar-refractivity contribution is -0.277. The van der Waals surface area contributed by atoms with Crippen molar-refractivity contribution in [3.8, 4) is 11.5 Å². The predicted octanol–water partition coefficient (Wildman–Crippen LogP) is -0.193. The number of aliphatic hydroxyl groups excluding tert-OH is 5. The van der Waals surface area contributed by atoms with E-state index < -0.39 is 48.8 Å². The lowest BCUT2D eigenvalue weighted by atomic mass is 9.99. The second-order valence-electron chi connectivity index (χ2n) is 7.61. The van der Waals surface area contributed by atoms with Crippen LogP contribution in [0.25, 0.3) is 21.7 Å². The average molecular weight is 466 g/mol. The van der Waals surface area contributed by atoms with Gasteiger partial charge >= 0.3 is 5.63 Å². The maximum Gasteiger partial charge on any atom is 0.344 e. The van der Waals surface area contributed by atoms with Crippen LogP contribution in [-0.2, 0) is 11.2 Å². The van der Waals surface area contributed by atoms with Gasteiger partial charge in [-0.3, -0.25) is 0 Å². The Morgan fingerprint density at radius 1 is 1.09 bits per heavy atom. The molecule has 5 atom stereocenters. The third kappa shape index (κ3) is 3.92. The summed E-state index contributed by atoms with van der Waals surface area (Å²) in [7, 11) is 1.24. The van der Waals surface area contributed by atoms with Gasteiger partial charge in [0.25, 0.3) is 0 Å². The number of hydrogen-bond donors (Lipinski definition) is 5. The minimum atomic E-state index is -1.74. The highest BCUT2D eigenvalue weighted by atomic mass is 19.1. The van der Waals surface area contributed by atoms with E-state index in [0.717, 1.165) is 6.07 Å². The Hall–Kier alpha value is -2.80. The Morgan fingerprint density at radius 2 is 1.85 bits per heavy atom. The molecule has 0 spiro atoms. The molecule has 1 aliphatic heterocycles. The summed E-state index contributed by atoms with van der Waals surface area (Å²) >= 11 is 0. The monoisotopic (exact) mass is 466 g/mol. The number of rotatable bonds is 6. The van der Waals surface area contributed by atoms with Crippen LogP contribution in [0.1, 0.15) is 5.56 Å². The predicted molar refractivity (Wildman–Crippen MR) is 112 cm³/mol. The second kappa shape index (κ2) is 9.21. The quantitative estimate of drug-likeness (QED) is 0.243. The van der Waals surface area contributed by atoms with E-state index in [9.17, 15) is 30.3 Å². The molecule has 0 saturated carbocycles. The van der Waals surface area contributed by atoms with E-state index >= 15 is 4.39 Å². The van der Waals surface area contributed by atoms with Crippen molar-refractivity contribution in [3.63, 3.8) is 0 Å². The number of fused-ring (bicyclic) bond motifs is 3. The van der Waals surface area contributed by atoms with Crippen LogP contribution in [0.2, 0.25) is 0 Å². The Labute approximate surface area is 186 Å². The zero-order chi connectivity index (χ0) is 23.9. The Morgan fingerprint density at radius 3 is 2.52 bits per heavy atom. The first-order valence-corrected chi connectivity index (χ1v) is 10.1. The van der Waals surface area contributed by atoms with Crippen LogP contribution in [0.3, 0.4) is 0 Å². The summed E-state index contributed by atoms with van der Waals surface area (Å²) in [5, 5.41) is 49.1. The minimum absolute atomic E-state index is 0.0533. The fourth-order valence-electron chi connectivity index (χ4n) is 4.03. The number of aliphatic hydroxyl groups is 5. The van der Waals surface area contributed by atoms with Crippen LogP contribution >= 0.6 is 0 Å². The first-order chi connectivity index (χ1) is 15.8. The smallest absolute Gasteiger partial charge is 0.344 e. The normalized spacial score (nSPS) is 25.5. The molecule has 10 nitrogen and oxygen atoms in total. The van der Waals surface area contributed by atoms with Gasteiger partial charge in [0.1, 0.15) is 30.2 Å². The van der Waals surface area contributed by atoms with E-state index in [1.54, 1.807) is 12.1 Å². The molecular weight excluding hydrogens is 443 g/mol. The highest BCUT2D eigenvalue weighted by molar-refractivity contribution is 6.08. The third-order valence-corrected chi connectivity index (χ3v) is 5.65. The molecule has 11 heteroatoms. The van der Waals surface area contributed by atoms with Crippen LogP contribution < -0.4 is 15.1 Å². The van der Waals surface area contributed by atoms with E-state index in [0.29, 0.717) is 5.56 Å². The Balaban J connectivity index is 1.86. The van der Waals surface area contributed by atoms with Gasteiger partial charge in [-0.1, -0.05) is 18.2 Å². The zero-order valence-electron chi connectivity index (χ0n) is 17.5. The van der Waals surface area contributed by atoms with Crippen molar-refractivity contribution in [2.24, 2.45) is 0 Å². The molecular formula is C22H23FO10. The highest BCUT2D eigenvalue weighted by Crippen LogP contribution is 2.41. The van der Waals surface area contributed by atoms with Crippen LogP contribution in [0.5, 0.6) is 11.5 Å². The zero-order valence-corrected chi connectivity index (χ0v) is 17.5. The van der Waals surface area contributed by atoms with Gasteiger partial charge in [0.2, 0.25) is 12.0 Å². The molecule has 1 aromatic heterocycles. The summed E-state index contributed by atoms with van der Waals surface area (Å²) in [6.07, 6.45) is -7.71. The number of ether oxygens (including phenoxy) is 3. The molecule has 0 amide bonds. The third-order valence-electron chi connectivity index (χ3n) is 5.65. The number of methoxy groups -OCH3 is 1. The topological polar surface area (TPSA) is 159 Å². The Kier molecular flexibility index (Phi) is 6.52. The van der Waals surface area contributed by atoms with Crippen molar-refractivity contribution in [2.75, 3.05) is 20.3 Å². The van der Waals surface area contributed by atoms with E-state index in [1.165, 1.54) is 13.2 Å². The van der Waals surface area contributed by atoms with Gasteiger partial charge in [0.15, 0.2) is 11.3 Å². The molecule has 2 heterocycles. The fourth-order valence-corrected chi connectivity index (χ4v) is 4.03. The van der Waals surface area contributed by atoms with E-state index in [1.807, 2.05) is 0 Å². The van der Waals surface area contributed by atoms with Crippen LogP contribution in [0.15, 0.2) is 33.5 Å². The fraction of sp³-hybridized carbons (Fsp3) is 0.409. The van der Waals surface area contributed by atoms with Crippen molar-refractivity contribution >= 4 is 21.7 Å². The van der Waals surface area contributed by atoms with Crippen LogP contribution in [-0.4, -0.2) is 76.6 Å². The van der Waals surface area contributed by atoms with Crippen molar-refractivity contribution < 1.29 is 48.6 Å². The molecule has 33 heavy (non-hydrogen) atoms. The average Bonchev–Trinajstić information content (AvgIpc) is 2.79. The van der Waals surface area contributed by atoms with Crippen molar-refractivity contribution in [2.45, 2.75) is 37.1 Å². The molecule has 1 aliphatic rings. The van der Waals surface area contributed by atoms with Gasteiger partial charge in [0, 0.05) is 18.1 Å². The summed E-state index contributed by atoms with van der Waals surface area (Å²) in [6, 6.07) is 5.74. The van der Waals surface area contributed by atoms with Gasteiger partial charge in [-0.25, -0.2) is 9.18 Å². The van der Waals surface area contributed by atoms with Crippen molar-refractivity contribution in [1.82, 2.24) is 0 Å². The van der Waals surface area contributed by atoms with Crippen molar-refractivity contribution in [3.05, 3.63) is 46.1 Å². The van der Waals surface area contributed by atoms with Crippen molar-refractivity contribution in [1.29, 1.82) is 0 Å². The number of benzene rings is 2. The molecule has 3 aromatic rings. The summed E-state index contributed by atoms with van der Waals surface area (Å²) in [6.45, 7) is -0.890. The summed E-state index contributed by atoms with van der Waals surface area (Å²) < 4.78 is 36.8.